The highest BCUT2D eigenvalue weighted by Gasteiger charge is 2.12. The van der Waals surface area contributed by atoms with Gasteiger partial charge in [-0.05, 0) is 117 Å². The van der Waals surface area contributed by atoms with Gasteiger partial charge in [0.15, 0.2) is 0 Å². The fraction of sp³-hybridized carbons (Fsp3) is 0. The zero-order valence-electron chi connectivity index (χ0n) is 26.6. The third-order valence-corrected chi connectivity index (χ3v) is 11.4. The van der Waals surface area contributed by atoms with Crippen molar-refractivity contribution in [3.8, 4) is 11.4 Å². The van der Waals surface area contributed by atoms with E-state index in [-0.39, 0.29) is 11.1 Å². The van der Waals surface area contributed by atoms with Crippen LogP contribution in [0.25, 0.3) is 32.9 Å². The van der Waals surface area contributed by atoms with Crippen LogP contribution in [0.1, 0.15) is 0 Å². The van der Waals surface area contributed by atoms with Gasteiger partial charge in [0.25, 0.3) is 11.1 Å². The highest BCUT2D eigenvalue weighted by molar-refractivity contribution is 9.10. The van der Waals surface area contributed by atoms with E-state index in [0.717, 1.165) is 26.3 Å². The highest BCUT2D eigenvalue weighted by Crippen LogP contribution is 2.28. The van der Waals surface area contributed by atoms with E-state index in [1.165, 1.54) is 14.3 Å². The van der Waals surface area contributed by atoms with Crippen LogP contribution in [0.2, 0.25) is 0 Å². The first kappa shape index (κ1) is 34.5. The second kappa shape index (κ2) is 15.5. The number of hydrogen-bond acceptors (Lipinski definition) is 6. The van der Waals surface area contributed by atoms with Crippen LogP contribution in [0.4, 0.5) is 0 Å². The van der Waals surface area contributed by atoms with E-state index in [4.69, 9.17) is 0 Å². The Balaban J connectivity index is 0.000000159. The first-order valence-corrected chi connectivity index (χ1v) is 19.2. The van der Waals surface area contributed by atoms with E-state index in [2.05, 4.69) is 54.2 Å². The molecule has 0 aliphatic carbocycles. The molecule has 8 aromatic rings. The lowest BCUT2D eigenvalue weighted by Crippen LogP contribution is -2.21. The summed E-state index contributed by atoms with van der Waals surface area (Å²) in [6.07, 6.45) is 0. The van der Waals surface area contributed by atoms with E-state index in [1.54, 1.807) is 42.1 Å². The second-order valence-electron chi connectivity index (χ2n) is 11.1. The van der Waals surface area contributed by atoms with Crippen molar-refractivity contribution in [1.29, 1.82) is 0 Å². The summed E-state index contributed by atoms with van der Waals surface area (Å²) in [5.41, 5.74) is 1.05. The molecule has 0 saturated heterocycles. The zero-order valence-corrected chi connectivity index (χ0v) is 31.4. The summed E-state index contributed by atoms with van der Waals surface area (Å²) >= 11 is 8.58. The van der Waals surface area contributed by atoms with Crippen LogP contribution in [-0.4, -0.2) is 23.8 Å². The number of fused-ring (bicyclic) bond motifs is 2. The van der Waals surface area contributed by atoms with Crippen LogP contribution in [0.15, 0.2) is 196 Å². The normalized spacial score (nSPS) is 11.6. The van der Waals surface area contributed by atoms with Crippen molar-refractivity contribution in [1.82, 2.24) is 19.6 Å². The number of benzene rings is 6. The van der Waals surface area contributed by atoms with E-state index >= 15 is 0 Å². The van der Waals surface area contributed by atoms with Gasteiger partial charge < -0.3 is 0 Å². The van der Waals surface area contributed by atoms with Crippen LogP contribution in [0.5, 0.6) is 0 Å². The Hall–Kier alpha value is -4.94. The van der Waals surface area contributed by atoms with E-state index in [9.17, 15) is 13.8 Å². The molecule has 1 unspecified atom stereocenters. The van der Waals surface area contributed by atoms with Gasteiger partial charge in [0.1, 0.15) is 9.21 Å². The first-order chi connectivity index (χ1) is 24.9. The standard InChI is InChI=1S/C20H13BrN2O2S.C20H13BrN2OS/c21-19-17-8-4-5-9-18(17)20(24)23(22-19)14-10-12-16(13-11-14)26(25)15-6-2-1-3-7-15;21-19-17-8-4-5-9-18(17)20(24)23(22-19)14-10-12-16(13-11-14)25-15-6-2-1-3-7-15/h1-13H;1-13H. The molecule has 0 aliphatic rings. The smallest absolute Gasteiger partial charge is 0.267 e. The summed E-state index contributed by atoms with van der Waals surface area (Å²) in [7, 11) is -1.26. The largest absolute Gasteiger partial charge is 0.279 e. The van der Waals surface area contributed by atoms with Gasteiger partial charge in [0.2, 0.25) is 0 Å². The van der Waals surface area contributed by atoms with Gasteiger partial charge >= 0.3 is 0 Å². The average Bonchev–Trinajstić information content (AvgIpc) is 3.19. The molecule has 6 aromatic carbocycles. The summed E-state index contributed by atoms with van der Waals surface area (Å²) in [6.45, 7) is 0. The zero-order chi connectivity index (χ0) is 35.3. The van der Waals surface area contributed by atoms with Gasteiger partial charge in [-0.2, -0.15) is 19.6 Å². The Kier molecular flexibility index (Phi) is 10.5. The van der Waals surface area contributed by atoms with Crippen molar-refractivity contribution >= 4 is 76.0 Å². The minimum Gasteiger partial charge on any atom is -0.267 e. The van der Waals surface area contributed by atoms with Crippen molar-refractivity contribution in [3.05, 3.63) is 188 Å². The van der Waals surface area contributed by atoms with Gasteiger partial charge in [-0.3, -0.25) is 9.59 Å². The van der Waals surface area contributed by atoms with Crippen molar-refractivity contribution in [2.24, 2.45) is 0 Å². The minimum atomic E-state index is -1.26. The molecule has 0 bridgehead atoms. The Morgan fingerprint density at radius 2 is 0.824 bits per heavy atom. The molecule has 2 aromatic heterocycles. The first-order valence-electron chi connectivity index (χ1n) is 15.6. The van der Waals surface area contributed by atoms with E-state index in [0.29, 0.717) is 30.6 Å². The molecule has 0 amide bonds. The quantitative estimate of drug-likeness (QED) is 0.166. The molecule has 8 rings (SSSR count). The molecule has 0 fully saturated rings. The third kappa shape index (κ3) is 7.57. The molecule has 7 nitrogen and oxygen atoms in total. The molecular weight excluding hydrogens is 808 g/mol. The Labute approximate surface area is 316 Å². The summed E-state index contributed by atoms with van der Waals surface area (Å²) in [6, 6.07) is 49.1. The fourth-order valence-electron chi connectivity index (χ4n) is 5.32. The van der Waals surface area contributed by atoms with E-state index < -0.39 is 10.8 Å². The van der Waals surface area contributed by atoms with Gasteiger partial charge in [-0.25, -0.2) is 4.21 Å². The topological polar surface area (TPSA) is 86.8 Å². The van der Waals surface area contributed by atoms with Crippen LogP contribution < -0.4 is 11.1 Å². The van der Waals surface area contributed by atoms with Crippen molar-refractivity contribution < 1.29 is 4.21 Å². The Morgan fingerprint density at radius 1 is 0.451 bits per heavy atom. The number of halogens is 2. The molecule has 11 heteroatoms. The van der Waals surface area contributed by atoms with Crippen LogP contribution in [0.3, 0.4) is 0 Å². The maximum absolute atomic E-state index is 12.7. The molecule has 0 aliphatic heterocycles. The Bertz CT molecular complexity index is 2630. The highest BCUT2D eigenvalue weighted by atomic mass is 79.9. The predicted octanol–water partition coefficient (Wildman–Crippen LogP) is 9.61. The fourth-order valence-corrected chi connectivity index (χ4v) is 8.23. The lowest BCUT2D eigenvalue weighted by Gasteiger charge is -2.09. The lowest BCUT2D eigenvalue weighted by atomic mass is 10.2. The maximum atomic E-state index is 12.7. The van der Waals surface area contributed by atoms with Crippen molar-refractivity contribution in [3.63, 3.8) is 0 Å². The summed E-state index contributed by atoms with van der Waals surface area (Å²) in [4.78, 5) is 29.2. The lowest BCUT2D eigenvalue weighted by molar-refractivity contribution is 0.683. The molecule has 51 heavy (non-hydrogen) atoms. The van der Waals surface area contributed by atoms with Gasteiger partial charge in [0, 0.05) is 30.4 Å². The number of aromatic nitrogens is 4. The molecule has 0 saturated carbocycles. The minimum absolute atomic E-state index is 0.123. The van der Waals surface area contributed by atoms with Crippen molar-refractivity contribution in [2.45, 2.75) is 19.6 Å². The maximum Gasteiger partial charge on any atom is 0.279 e. The molecular formula is C40H26Br2N4O3S2. The number of nitrogens with zero attached hydrogens (tertiary/aromatic N) is 4. The Morgan fingerprint density at radius 3 is 1.31 bits per heavy atom. The SMILES string of the molecule is O=c1c2ccccc2c(Br)nn1-c1ccc(S(=O)c2ccccc2)cc1.O=c1c2ccccc2c(Br)nn1-c1ccc(Sc2ccccc2)cc1. The molecule has 0 N–H and O–H groups in total. The number of rotatable bonds is 6. The monoisotopic (exact) mass is 832 g/mol. The molecule has 0 spiro atoms. The summed E-state index contributed by atoms with van der Waals surface area (Å²) < 4.78 is 16.7. The summed E-state index contributed by atoms with van der Waals surface area (Å²) in [5.74, 6) is 0. The molecule has 2 heterocycles. The average molecular weight is 835 g/mol. The van der Waals surface area contributed by atoms with Crippen LogP contribution in [0, 0.1) is 0 Å². The molecule has 0 radical (unpaired) electrons. The molecule has 1 atom stereocenters. The number of hydrogen-bond donors (Lipinski definition) is 0. The predicted molar refractivity (Wildman–Crippen MR) is 212 cm³/mol. The van der Waals surface area contributed by atoms with Gasteiger partial charge in [-0.1, -0.05) is 84.6 Å². The second-order valence-corrected chi connectivity index (χ2v) is 15.2. The third-order valence-electron chi connectivity index (χ3n) is 7.83. The summed E-state index contributed by atoms with van der Waals surface area (Å²) in [5, 5.41) is 11.6. The van der Waals surface area contributed by atoms with Crippen LogP contribution >= 0.6 is 43.6 Å². The van der Waals surface area contributed by atoms with Gasteiger partial charge in [0.05, 0.1) is 32.9 Å². The molecule has 250 valence electrons. The van der Waals surface area contributed by atoms with Crippen molar-refractivity contribution in [2.75, 3.05) is 0 Å². The van der Waals surface area contributed by atoms with E-state index in [1.807, 2.05) is 115 Å². The van der Waals surface area contributed by atoms with Crippen LogP contribution in [-0.2, 0) is 10.8 Å². The van der Waals surface area contributed by atoms with Gasteiger partial charge in [-0.15, -0.1) is 0 Å².